The minimum atomic E-state index is -0.458. The number of carbonyl (C=O) groups is 1. The normalized spacial score (nSPS) is 19.9. The number of halogens is 1. The summed E-state index contributed by atoms with van der Waals surface area (Å²) < 4.78 is 18.2. The standard InChI is InChI=1S/C16H23FN2O2/c1-11(9-13-5-3-4-8-18-13)19-15-10-12(17)6-7-14(15)16(20)21-2/h6-7,10-11,13,18-19H,3-5,8-9H2,1-2H3. The first kappa shape index (κ1) is 15.8. The third-order valence-corrected chi connectivity index (χ3v) is 3.84. The molecule has 2 rings (SSSR count). The molecule has 1 aliphatic heterocycles. The van der Waals surface area contributed by atoms with Crippen LogP contribution in [0.3, 0.4) is 0 Å². The summed E-state index contributed by atoms with van der Waals surface area (Å²) in [6, 6.07) is 4.69. The van der Waals surface area contributed by atoms with Gasteiger partial charge in [-0.25, -0.2) is 9.18 Å². The summed E-state index contributed by atoms with van der Waals surface area (Å²) in [6.45, 7) is 3.10. The number of benzene rings is 1. The van der Waals surface area contributed by atoms with Gasteiger partial charge >= 0.3 is 5.97 Å². The molecular formula is C16H23FN2O2. The van der Waals surface area contributed by atoms with Crippen molar-refractivity contribution in [2.45, 2.75) is 44.7 Å². The van der Waals surface area contributed by atoms with Gasteiger partial charge in [0.05, 0.1) is 18.4 Å². The van der Waals surface area contributed by atoms with Gasteiger partial charge in [0, 0.05) is 12.1 Å². The van der Waals surface area contributed by atoms with E-state index in [1.165, 1.54) is 44.6 Å². The number of esters is 1. The lowest BCUT2D eigenvalue weighted by Crippen LogP contribution is -2.37. The molecule has 0 saturated carbocycles. The molecule has 0 bridgehead atoms. The highest BCUT2D eigenvalue weighted by Crippen LogP contribution is 2.21. The van der Waals surface area contributed by atoms with Crippen molar-refractivity contribution < 1.29 is 13.9 Å². The molecule has 1 saturated heterocycles. The van der Waals surface area contributed by atoms with Gasteiger partial charge < -0.3 is 15.4 Å². The summed E-state index contributed by atoms with van der Waals surface area (Å²) >= 11 is 0. The molecule has 1 fully saturated rings. The van der Waals surface area contributed by atoms with Crippen molar-refractivity contribution in [3.05, 3.63) is 29.6 Å². The quantitative estimate of drug-likeness (QED) is 0.820. The summed E-state index contributed by atoms with van der Waals surface area (Å²) in [5.41, 5.74) is 0.854. The maximum atomic E-state index is 13.4. The Balaban J connectivity index is 2.03. The molecule has 1 aromatic rings. The van der Waals surface area contributed by atoms with E-state index < -0.39 is 5.97 Å². The molecule has 21 heavy (non-hydrogen) atoms. The molecule has 0 spiro atoms. The van der Waals surface area contributed by atoms with Crippen LogP contribution in [-0.2, 0) is 4.74 Å². The van der Waals surface area contributed by atoms with Gasteiger partial charge in [0.1, 0.15) is 5.82 Å². The highest BCUT2D eigenvalue weighted by atomic mass is 19.1. The molecule has 116 valence electrons. The third kappa shape index (κ3) is 4.43. The van der Waals surface area contributed by atoms with Crippen LogP contribution < -0.4 is 10.6 Å². The van der Waals surface area contributed by atoms with Gasteiger partial charge in [-0.2, -0.15) is 0 Å². The second-order valence-corrected chi connectivity index (χ2v) is 5.61. The van der Waals surface area contributed by atoms with E-state index in [4.69, 9.17) is 4.74 Å². The Hall–Kier alpha value is -1.62. The summed E-state index contributed by atoms with van der Waals surface area (Å²) in [5.74, 6) is -0.825. The smallest absolute Gasteiger partial charge is 0.339 e. The van der Waals surface area contributed by atoms with Crippen LogP contribution in [0.15, 0.2) is 18.2 Å². The molecule has 0 aromatic heterocycles. The summed E-state index contributed by atoms with van der Waals surface area (Å²) in [4.78, 5) is 11.7. The molecule has 2 atom stereocenters. The zero-order chi connectivity index (χ0) is 15.2. The van der Waals surface area contributed by atoms with E-state index in [1.807, 2.05) is 6.92 Å². The molecular weight excluding hydrogens is 271 g/mol. The van der Waals surface area contributed by atoms with E-state index in [1.54, 1.807) is 0 Å². The lowest BCUT2D eigenvalue weighted by Gasteiger charge is -2.27. The average molecular weight is 294 g/mol. The summed E-state index contributed by atoms with van der Waals surface area (Å²) in [5, 5.41) is 6.72. The zero-order valence-corrected chi connectivity index (χ0v) is 12.6. The van der Waals surface area contributed by atoms with Crippen molar-refractivity contribution in [1.82, 2.24) is 5.32 Å². The van der Waals surface area contributed by atoms with Crippen LogP contribution in [0.1, 0.15) is 43.0 Å². The van der Waals surface area contributed by atoms with Crippen molar-refractivity contribution in [3.63, 3.8) is 0 Å². The van der Waals surface area contributed by atoms with Gasteiger partial charge in [-0.15, -0.1) is 0 Å². The van der Waals surface area contributed by atoms with Gasteiger partial charge in [0.25, 0.3) is 0 Å². The first-order chi connectivity index (χ1) is 10.1. The van der Waals surface area contributed by atoms with E-state index in [2.05, 4.69) is 10.6 Å². The van der Waals surface area contributed by atoms with Gasteiger partial charge in [-0.1, -0.05) is 6.42 Å². The van der Waals surface area contributed by atoms with Crippen molar-refractivity contribution >= 4 is 11.7 Å². The maximum absolute atomic E-state index is 13.4. The number of hydrogen-bond acceptors (Lipinski definition) is 4. The number of carbonyl (C=O) groups excluding carboxylic acids is 1. The molecule has 2 N–H and O–H groups in total. The van der Waals surface area contributed by atoms with Crippen molar-refractivity contribution in [2.75, 3.05) is 19.0 Å². The lowest BCUT2D eigenvalue weighted by molar-refractivity contribution is 0.0601. The summed E-state index contributed by atoms with van der Waals surface area (Å²) in [7, 11) is 1.32. The first-order valence-corrected chi connectivity index (χ1v) is 7.48. The fourth-order valence-electron chi connectivity index (χ4n) is 2.80. The fraction of sp³-hybridized carbons (Fsp3) is 0.562. The fourth-order valence-corrected chi connectivity index (χ4v) is 2.80. The SMILES string of the molecule is COC(=O)c1ccc(F)cc1NC(C)CC1CCCCN1. The Kier molecular flexibility index (Phi) is 5.56. The number of ether oxygens (including phenoxy) is 1. The molecule has 0 amide bonds. The second-order valence-electron chi connectivity index (χ2n) is 5.61. The van der Waals surface area contributed by atoms with E-state index in [9.17, 15) is 9.18 Å². The van der Waals surface area contributed by atoms with Crippen LogP contribution in [0.25, 0.3) is 0 Å². The summed E-state index contributed by atoms with van der Waals surface area (Å²) in [6.07, 6.45) is 4.59. The Labute approximate surface area is 125 Å². The van der Waals surface area contributed by atoms with Crippen molar-refractivity contribution in [1.29, 1.82) is 0 Å². The topological polar surface area (TPSA) is 50.4 Å². The van der Waals surface area contributed by atoms with Crippen LogP contribution in [0, 0.1) is 5.82 Å². The Bertz CT molecular complexity index is 487. The van der Waals surface area contributed by atoms with Crippen LogP contribution in [0.4, 0.5) is 10.1 Å². The lowest BCUT2D eigenvalue weighted by atomic mass is 9.98. The predicted octanol–water partition coefficient (Wildman–Crippen LogP) is 2.94. The predicted molar refractivity (Wildman–Crippen MR) is 81.1 cm³/mol. The van der Waals surface area contributed by atoms with E-state index >= 15 is 0 Å². The van der Waals surface area contributed by atoms with Gasteiger partial charge in [0.15, 0.2) is 0 Å². The molecule has 4 nitrogen and oxygen atoms in total. The molecule has 0 aliphatic carbocycles. The number of anilines is 1. The Morgan fingerprint density at radius 1 is 1.52 bits per heavy atom. The minimum absolute atomic E-state index is 0.144. The van der Waals surface area contributed by atoms with Crippen LogP contribution in [-0.4, -0.2) is 31.7 Å². The first-order valence-electron chi connectivity index (χ1n) is 7.48. The Morgan fingerprint density at radius 3 is 3.00 bits per heavy atom. The number of methoxy groups -OCH3 is 1. The highest BCUT2D eigenvalue weighted by Gasteiger charge is 2.18. The number of hydrogen-bond donors (Lipinski definition) is 2. The van der Waals surface area contributed by atoms with Crippen molar-refractivity contribution in [3.8, 4) is 0 Å². The molecule has 1 aromatic carbocycles. The van der Waals surface area contributed by atoms with Gasteiger partial charge in [0.2, 0.25) is 0 Å². The molecule has 1 heterocycles. The van der Waals surface area contributed by atoms with Crippen LogP contribution >= 0.6 is 0 Å². The monoisotopic (exact) mass is 294 g/mol. The molecule has 0 radical (unpaired) electrons. The van der Waals surface area contributed by atoms with Crippen LogP contribution in [0.5, 0.6) is 0 Å². The second kappa shape index (κ2) is 7.41. The maximum Gasteiger partial charge on any atom is 0.339 e. The van der Waals surface area contributed by atoms with E-state index in [0.717, 1.165) is 13.0 Å². The zero-order valence-electron chi connectivity index (χ0n) is 12.6. The molecule has 2 unspecified atom stereocenters. The highest BCUT2D eigenvalue weighted by molar-refractivity contribution is 5.95. The van der Waals surface area contributed by atoms with Crippen molar-refractivity contribution in [2.24, 2.45) is 0 Å². The van der Waals surface area contributed by atoms with E-state index in [0.29, 0.717) is 17.3 Å². The van der Waals surface area contributed by atoms with Crippen LogP contribution in [0.2, 0.25) is 0 Å². The number of piperidine rings is 1. The largest absolute Gasteiger partial charge is 0.465 e. The minimum Gasteiger partial charge on any atom is -0.465 e. The Morgan fingerprint density at radius 2 is 2.33 bits per heavy atom. The van der Waals surface area contributed by atoms with Gasteiger partial charge in [-0.05, 0) is 50.9 Å². The van der Waals surface area contributed by atoms with E-state index in [-0.39, 0.29) is 11.9 Å². The third-order valence-electron chi connectivity index (χ3n) is 3.84. The molecule has 5 heteroatoms. The average Bonchev–Trinajstić information content (AvgIpc) is 2.47. The van der Waals surface area contributed by atoms with Gasteiger partial charge in [-0.3, -0.25) is 0 Å². The molecule has 1 aliphatic rings. The number of rotatable bonds is 5. The number of nitrogens with one attached hydrogen (secondary N) is 2.